The third-order valence-electron chi connectivity index (χ3n) is 6.77. The van der Waals surface area contributed by atoms with E-state index in [2.05, 4.69) is 4.98 Å². The molecule has 0 radical (unpaired) electrons. The molecule has 1 aromatic heterocycles. The van der Waals surface area contributed by atoms with Gasteiger partial charge in [0.1, 0.15) is 17.2 Å². The Morgan fingerprint density at radius 1 is 1.10 bits per heavy atom. The van der Waals surface area contributed by atoms with E-state index in [1.807, 2.05) is 57.2 Å². The van der Waals surface area contributed by atoms with Crippen molar-refractivity contribution in [1.29, 1.82) is 0 Å². The SMILES string of the molecule is CC(C)(C)OC(=O)N(CCCOc1ccc2c(c1)CN(Cc1ccc(N)cc1)C(=O)C(CC(=O)O)C2)c1ccccn1. The van der Waals surface area contributed by atoms with Crippen LogP contribution in [0, 0.1) is 5.92 Å². The molecule has 2 aromatic carbocycles. The van der Waals surface area contributed by atoms with Crippen LogP contribution in [0.1, 0.15) is 50.3 Å². The molecule has 3 aromatic rings. The number of pyridine rings is 1. The number of fused-ring (bicyclic) bond motifs is 1. The zero-order chi connectivity index (χ0) is 30.3. The summed E-state index contributed by atoms with van der Waals surface area (Å²) in [6.45, 7) is 6.80. The van der Waals surface area contributed by atoms with Gasteiger partial charge in [0.25, 0.3) is 0 Å². The Hall–Kier alpha value is -4.60. The van der Waals surface area contributed by atoms with Gasteiger partial charge in [0, 0.05) is 31.5 Å². The Morgan fingerprint density at radius 3 is 2.52 bits per heavy atom. The molecule has 2 amide bonds. The summed E-state index contributed by atoms with van der Waals surface area (Å²) >= 11 is 0. The van der Waals surface area contributed by atoms with Gasteiger partial charge in [-0.15, -0.1) is 0 Å². The number of hydrogen-bond acceptors (Lipinski definition) is 7. The molecule has 0 bridgehead atoms. The lowest BCUT2D eigenvalue weighted by atomic mass is 9.94. The van der Waals surface area contributed by atoms with Gasteiger partial charge in [0.05, 0.1) is 18.9 Å². The summed E-state index contributed by atoms with van der Waals surface area (Å²) in [5.74, 6) is -0.722. The van der Waals surface area contributed by atoms with Crippen molar-refractivity contribution in [2.24, 2.45) is 5.92 Å². The Labute approximate surface area is 246 Å². The number of anilines is 2. The number of amides is 2. The lowest BCUT2D eigenvalue weighted by molar-refractivity contribution is -0.144. The van der Waals surface area contributed by atoms with Crippen molar-refractivity contribution in [1.82, 2.24) is 9.88 Å². The van der Waals surface area contributed by atoms with E-state index in [1.165, 1.54) is 4.90 Å². The number of benzene rings is 2. The topological polar surface area (TPSA) is 135 Å². The monoisotopic (exact) mass is 574 g/mol. The average molecular weight is 575 g/mol. The van der Waals surface area contributed by atoms with Crippen LogP contribution in [0.5, 0.6) is 5.75 Å². The van der Waals surface area contributed by atoms with E-state index in [9.17, 15) is 19.5 Å². The van der Waals surface area contributed by atoms with Gasteiger partial charge in [-0.1, -0.05) is 24.3 Å². The van der Waals surface area contributed by atoms with Gasteiger partial charge < -0.3 is 25.2 Å². The molecule has 4 rings (SSSR count). The number of aromatic nitrogens is 1. The molecule has 10 heteroatoms. The normalized spacial score (nSPS) is 15.0. The number of ether oxygens (including phenoxy) is 2. The van der Waals surface area contributed by atoms with Crippen molar-refractivity contribution in [3.63, 3.8) is 0 Å². The van der Waals surface area contributed by atoms with Gasteiger partial charge in [-0.3, -0.25) is 14.5 Å². The number of nitrogen functional groups attached to an aromatic ring is 1. The van der Waals surface area contributed by atoms with Crippen LogP contribution >= 0.6 is 0 Å². The minimum atomic E-state index is -1.00. The number of carbonyl (C=O) groups is 3. The van der Waals surface area contributed by atoms with Crippen LogP contribution in [0.4, 0.5) is 16.3 Å². The molecule has 1 aliphatic rings. The first-order valence-electron chi connectivity index (χ1n) is 14.0. The van der Waals surface area contributed by atoms with Crippen LogP contribution < -0.4 is 15.4 Å². The van der Waals surface area contributed by atoms with Crippen LogP contribution in [0.25, 0.3) is 0 Å². The smallest absolute Gasteiger partial charge is 0.416 e. The molecule has 0 aliphatic carbocycles. The van der Waals surface area contributed by atoms with Gasteiger partial charge in [-0.2, -0.15) is 0 Å². The number of rotatable bonds is 10. The zero-order valence-electron chi connectivity index (χ0n) is 24.3. The van der Waals surface area contributed by atoms with E-state index in [0.717, 1.165) is 16.7 Å². The number of carboxylic acids is 1. The molecule has 0 saturated heterocycles. The second kappa shape index (κ2) is 13.4. The first-order valence-corrected chi connectivity index (χ1v) is 14.0. The molecule has 3 N–H and O–H groups in total. The Balaban J connectivity index is 1.45. The first kappa shape index (κ1) is 30.4. The molecule has 1 aliphatic heterocycles. The van der Waals surface area contributed by atoms with Crippen molar-refractivity contribution in [3.8, 4) is 5.75 Å². The van der Waals surface area contributed by atoms with Gasteiger partial charge in [-0.25, -0.2) is 9.78 Å². The predicted molar refractivity (Wildman–Crippen MR) is 159 cm³/mol. The molecular weight excluding hydrogens is 536 g/mol. The molecule has 2 heterocycles. The molecule has 1 unspecified atom stereocenters. The summed E-state index contributed by atoms with van der Waals surface area (Å²) in [4.78, 5) is 45.3. The molecule has 0 spiro atoms. The summed E-state index contributed by atoms with van der Waals surface area (Å²) < 4.78 is 11.6. The highest BCUT2D eigenvalue weighted by Crippen LogP contribution is 2.29. The van der Waals surface area contributed by atoms with Crippen LogP contribution in [0.3, 0.4) is 0 Å². The number of hydrogen-bond donors (Lipinski definition) is 2. The molecule has 1 atom stereocenters. The number of nitrogens with zero attached hydrogens (tertiary/aromatic N) is 3. The maximum atomic E-state index is 13.4. The van der Waals surface area contributed by atoms with Crippen molar-refractivity contribution >= 4 is 29.5 Å². The quantitative estimate of drug-likeness (QED) is 0.254. The Kier molecular flexibility index (Phi) is 9.67. The van der Waals surface area contributed by atoms with Gasteiger partial charge in [0.2, 0.25) is 5.91 Å². The van der Waals surface area contributed by atoms with Crippen LogP contribution in [0.2, 0.25) is 0 Å². The van der Waals surface area contributed by atoms with E-state index in [1.54, 1.807) is 35.4 Å². The predicted octanol–water partition coefficient (Wildman–Crippen LogP) is 5.05. The fraction of sp³-hybridized carbons (Fsp3) is 0.375. The van der Waals surface area contributed by atoms with Crippen molar-refractivity contribution < 1.29 is 29.0 Å². The standard InChI is InChI=1S/C32H38N4O6/c1-32(2,3)42-31(40)36(28-7-4-5-14-34-28)15-6-16-41-27-13-10-23-17-24(19-29(37)38)30(39)35(21-25(23)18-27)20-22-8-11-26(33)12-9-22/h4-5,7-14,18,24H,6,15-17,19-21,33H2,1-3H3,(H,37,38). The largest absolute Gasteiger partial charge is 0.494 e. The summed E-state index contributed by atoms with van der Waals surface area (Å²) in [7, 11) is 0. The van der Waals surface area contributed by atoms with E-state index < -0.39 is 23.6 Å². The second-order valence-corrected chi connectivity index (χ2v) is 11.4. The fourth-order valence-electron chi connectivity index (χ4n) is 4.82. The number of carbonyl (C=O) groups excluding carboxylic acids is 2. The van der Waals surface area contributed by atoms with E-state index in [4.69, 9.17) is 15.2 Å². The first-order chi connectivity index (χ1) is 20.0. The third kappa shape index (κ3) is 8.45. The molecule has 0 saturated carbocycles. The lowest BCUT2D eigenvalue weighted by Crippen LogP contribution is -2.38. The van der Waals surface area contributed by atoms with Gasteiger partial charge in [-0.05, 0) is 86.7 Å². The van der Waals surface area contributed by atoms with Crippen LogP contribution in [-0.2, 0) is 33.8 Å². The van der Waals surface area contributed by atoms with Crippen LogP contribution in [-0.4, -0.2) is 51.7 Å². The van der Waals surface area contributed by atoms with Crippen molar-refractivity contribution in [3.05, 3.63) is 83.6 Å². The average Bonchev–Trinajstić information content (AvgIpc) is 3.05. The molecular formula is C32H38N4O6. The Bertz CT molecular complexity index is 1390. The highest BCUT2D eigenvalue weighted by Gasteiger charge is 2.31. The van der Waals surface area contributed by atoms with Crippen LogP contribution in [0.15, 0.2) is 66.9 Å². The molecule has 0 fully saturated rings. The molecule has 42 heavy (non-hydrogen) atoms. The fourth-order valence-corrected chi connectivity index (χ4v) is 4.82. The number of aliphatic carboxylic acids is 1. The highest BCUT2D eigenvalue weighted by molar-refractivity contribution is 5.86. The van der Waals surface area contributed by atoms with Gasteiger partial charge >= 0.3 is 12.1 Å². The Morgan fingerprint density at radius 2 is 1.86 bits per heavy atom. The molecule has 10 nitrogen and oxygen atoms in total. The van der Waals surface area contributed by atoms with Crippen molar-refractivity contribution in [2.75, 3.05) is 23.8 Å². The van der Waals surface area contributed by atoms with E-state index >= 15 is 0 Å². The van der Waals surface area contributed by atoms with Gasteiger partial charge in [0.15, 0.2) is 0 Å². The zero-order valence-corrected chi connectivity index (χ0v) is 24.3. The summed E-state index contributed by atoms with van der Waals surface area (Å²) in [5.41, 5.74) is 8.54. The minimum Gasteiger partial charge on any atom is -0.494 e. The maximum absolute atomic E-state index is 13.4. The summed E-state index contributed by atoms with van der Waals surface area (Å²) in [6, 6.07) is 18.3. The molecule has 222 valence electrons. The lowest BCUT2D eigenvalue weighted by Gasteiger charge is -2.26. The minimum absolute atomic E-state index is 0.190. The third-order valence-corrected chi connectivity index (χ3v) is 6.77. The second-order valence-electron chi connectivity index (χ2n) is 11.4. The summed E-state index contributed by atoms with van der Waals surface area (Å²) in [6.07, 6.45) is 1.77. The van der Waals surface area contributed by atoms with Crippen molar-refractivity contribution in [2.45, 2.75) is 58.7 Å². The highest BCUT2D eigenvalue weighted by atomic mass is 16.6. The number of nitrogens with two attached hydrogens (primary N) is 1. The summed E-state index contributed by atoms with van der Waals surface area (Å²) in [5, 5.41) is 9.46. The maximum Gasteiger partial charge on any atom is 0.416 e. The van der Waals surface area contributed by atoms with E-state index in [-0.39, 0.29) is 12.3 Å². The van der Waals surface area contributed by atoms with E-state index in [0.29, 0.717) is 56.3 Å². The number of carboxylic acid groups (broad SMARTS) is 1.